The number of nitrogens with zero attached hydrogens (tertiary/aromatic N) is 2. The Morgan fingerprint density at radius 3 is 1.98 bits per heavy atom. The quantitative estimate of drug-likeness (QED) is 0.303. The van der Waals surface area contributed by atoms with Gasteiger partial charge >= 0.3 is 0 Å². The summed E-state index contributed by atoms with van der Waals surface area (Å²) in [6, 6.07) is 17.8. The highest BCUT2D eigenvalue weighted by Gasteiger charge is 2.33. The molecule has 0 spiro atoms. The number of rotatable bonds is 13. The molecule has 3 aromatic rings. The zero-order chi connectivity index (χ0) is 31.0. The lowest BCUT2D eigenvalue weighted by Gasteiger charge is -2.32. The van der Waals surface area contributed by atoms with E-state index in [1.807, 2.05) is 52.0 Å². The van der Waals surface area contributed by atoms with E-state index in [0.717, 1.165) is 27.4 Å². The molecule has 0 saturated heterocycles. The lowest BCUT2D eigenvalue weighted by Crippen LogP contribution is -2.52. The Bertz CT molecular complexity index is 1470. The molecule has 0 aliphatic heterocycles. The van der Waals surface area contributed by atoms with Crippen molar-refractivity contribution in [2.45, 2.75) is 64.6 Å². The van der Waals surface area contributed by atoms with Crippen LogP contribution in [0.15, 0.2) is 71.6 Å². The van der Waals surface area contributed by atoms with Gasteiger partial charge in [-0.3, -0.25) is 13.9 Å². The van der Waals surface area contributed by atoms with Crippen molar-refractivity contribution in [2.75, 3.05) is 25.1 Å². The maximum absolute atomic E-state index is 14.1. The fourth-order valence-electron chi connectivity index (χ4n) is 4.28. The Morgan fingerprint density at radius 2 is 1.43 bits per heavy atom. The SMILES string of the molecule is CC[C@H](C)NC(=O)[C@@H](C)N(Cc1ccc(C)cc1)C(=O)CN(c1ccc(OC)c(OC)c1)S(=O)(=O)c1ccc(C)cc1. The van der Waals surface area contributed by atoms with Crippen LogP contribution in [0.1, 0.15) is 43.9 Å². The van der Waals surface area contributed by atoms with Gasteiger partial charge in [0, 0.05) is 18.7 Å². The molecule has 0 fully saturated rings. The fraction of sp³-hybridized carbons (Fsp3) is 0.375. The average molecular weight is 596 g/mol. The minimum Gasteiger partial charge on any atom is -0.493 e. The molecule has 2 atom stereocenters. The van der Waals surface area contributed by atoms with Crippen LogP contribution in [-0.2, 0) is 26.2 Å². The summed E-state index contributed by atoms with van der Waals surface area (Å²) in [4.78, 5) is 28.7. The third-order valence-electron chi connectivity index (χ3n) is 7.18. The molecule has 0 aromatic heterocycles. The largest absolute Gasteiger partial charge is 0.493 e. The summed E-state index contributed by atoms with van der Waals surface area (Å²) in [6.07, 6.45) is 0.728. The Balaban J connectivity index is 2.08. The molecule has 3 aromatic carbocycles. The van der Waals surface area contributed by atoms with Crippen LogP contribution in [0.2, 0.25) is 0 Å². The number of ether oxygens (including phenoxy) is 2. The third-order valence-corrected chi connectivity index (χ3v) is 8.97. The summed E-state index contributed by atoms with van der Waals surface area (Å²) in [6.45, 7) is 8.91. The van der Waals surface area contributed by atoms with Crippen LogP contribution in [0, 0.1) is 13.8 Å². The number of aryl methyl sites for hydroxylation is 2. The second-order valence-corrected chi connectivity index (χ2v) is 12.2. The highest BCUT2D eigenvalue weighted by molar-refractivity contribution is 7.92. The van der Waals surface area contributed by atoms with E-state index in [1.165, 1.54) is 37.3 Å². The first-order chi connectivity index (χ1) is 19.9. The maximum atomic E-state index is 14.1. The monoisotopic (exact) mass is 595 g/mol. The first-order valence-electron chi connectivity index (χ1n) is 13.9. The third kappa shape index (κ3) is 7.82. The average Bonchev–Trinajstić information content (AvgIpc) is 2.98. The molecule has 1 N–H and O–H groups in total. The number of amides is 2. The van der Waals surface area contributed by atoms with Gasteiger partial charge in [-0.15, -0.1) is 0 Å². The number of carbonyl (C=O) groups is 2. The zero-order valence-corrected chi connectivity index (χ0v) is 26.2. The van der Waals surface area contributed by atoms with Crippen molar-refractivity contribution in [1.82, 2.24) is 10.2 Å². The Kier molecular flexibility index (Phi) is 11.0. The van der Waals surface area contributed by atoms with Crippen molar-refractivity contribution in [3.05, 3.63) is 83.4 Å². The summed E-state index contributed by atoms with van der Waals surface area (Å²) in [5.41, 5.74) is 2.99. The predicted molar refractivity (Wildman–Crippen MR) is 164 cm³/mol. The summed E-state index contributed by atoms with van der Waals surface area (Å²) >= 11 is 0. The predicted octanol–water partition coefficient (Wildman–Crippen LogP) is 4.85. The molecular weight excluding hydrogens is 554 g/mol. The molecule has 0 radical (unpaired) electrons. The van der Waals surface area contributed by atoms with E-state index >= 15 is 0 Å². The number of anilines is 1. The van der Waals surface area contributed by atoms with E-state index in [-0.39, 0.29) is 29.1 Å². The van der Waals surface area contributed by atoms with E-state index in [0.29, 0.717) is 11.5 Å². The molecule has 3 rings (SSSR count). The van der Waals surface area contributed by atoms with Gasteiger partial charge in [-0.25, -0.2) is 8.42 Å². The standard InChI is InChI=1S/C32H41N3O6S/c1-8-24(4)33-32(37)25(5)34(20-26-13-9-22(2)10-14-26)31(36)21-35(27-15-18-29(40-6)30(19-27)41-7)42(38,39)28-16-11-23(3)12-17-28/h9-19,24-25H,8,20-21H2,1-7H3,(H,33,37)/t24-,25+/m0/s1. The Morgan fingerprint density at radius 1 is 0.857 bits per heavy atom. The van der Waals surface area contributed by atoms with Crippen LogP contribution < -0.4 is 19.1 Å². The first kappa shape index (κ1) is 32.5. The van der Waals surface area contributed by atoms with Crippen molar-refractivity contribution in [3.8, 4) is 11.5 Å². The van der Waals surface area contributed by atoms with Crippen LogP contribution in [0.5, 0.6) is 11.5 Å². The number of carbonyl (C=O) groups excluding carboxylic acids is 2. The maximum Gasteiger partial charge on any atom is 0.264 e. The van der Waals surface area contributed by atoms with E-state index in [1.54, 1.807) is 31.2 Å². The Labute approximate surface area is 249 Å². The molecule has 10 heteroatoms. The van der Waals surface area contributed by atoms with Crippen molar-refractivity contribution >= 4 is 27.5 Å². The number of hydrogen-bond acceptors (Lipinski definition) is 6. The van der Waals surface area contributed by atoms with Gasteiger partial charge in [-0.1, -0.05) is 54.4 Å². The van der Waals surface area contributed by atoms with Crippen LogP contribution >= 0.6 is 0 Å². The minimum atomic E-state index is -4.20. The summed E-state index contributed by atoms with van der Waals surface area (Å²) in [5, 5.41) is 2.94. The molecular formula is C32H41N3O6S. The number of hydrogen-bond donors (Lipinski definition) is 1. The van der Waals surface area contributed by atoms with Gasteiger partial charge in [0.25, 0.3) is 10.0 Å². The van der Waals surface area contributed by atoms with Crippen LogP contribution in [-0.4, -0.2) is 58.0 Å². The molecule has 0 saturated carbocycles. The Hall–Kier alpha value is -4.05. The van der Waals surface area contributed by atoms with Crippen LogP contribution in [0.25, 0.3) is 0 Å². The van der Waals surface area contributed by atoms with E-state index in [9.17, 15) is 18.0 Å². The van der Waals surface area contributed by atoms with E-state index < -0.39 is 28.5 Å². The van der Waals surface area contributed by atoms with Gasteiger partial charge in [0.1, 0.15) is 12.6 Å². The summed E-state index contributed by atoms with van der Waals surface area (Å²) in [5.74, 6) is -0.127. The molecule has 0 unspecified atom stereocenters. The molecule has 0 bridgehead atoms. The molecule has 226 valence electrons. The fourth-order valence-corrected chi connectivity index (χ4v) is 5.69. The molecule has 9 nitrogen and oxygen atoms in total. The van der Waals surface area contributed by atoms with Crippen LogP contribution in [0.4, 0.5) is 5.69 Å². The molecule has 0 aliphatic rings. The first-order valence-corrected chi connectivity index (χ1v) is 15.3. The highest BCUT2D eigenvalue weighted by atomic mass is 32.2. The lowest BCUT2D eigenvalue weighted by atomic mass is 10.1. The van der Waals surface area contributed by atoms with Crippen LogP contribution in [0.3, 0.4) is 0 Å². The van der Waals surface area contributed by atoms with E-state index in [2.05, 4.69) is 5.32 Å². The van der Waals surface area contributed by atoms with Gasteiger partial charge in [-0.05, 0) is 63.9 Å². The zero-order valence-electron chi connectivity index (χ0n) is 25.4. The van der Waals surface area contributed by atoms with Crippen molar-refractivity contribution in [3.63, 3.8) is 0 Å². The smallest absolute Gasteiger partial charge is 0.264 e. The number of methoxy groups -OCH3 is 2. The lowest BCUT2D eigenvalue weighted by molar-refractivity contribution is -0.139. The normalized spacial score (nSPS) is 12.6. The van der Waals surface area contributed by atoms with Crippen molar-refractivity contribution < 1.29 is 27.5 Å². The molecule has 0 aliphatic carbocycles. The van der Waals surface area contributed by atoms with Crippen molar-refractivity contribution in [2.24, 2.45) is 0 Å². The minimum absolute atomic E-state index is 0.0309. The van der Waals surface area contributed by atoms with Gasteiger partial charge in [-0.2, -0.15) is 0 Å². The van der Waals surface area contributed by atoms with Crippen molar-refractivity contribution in [1.29, 1.82) is 0 Å². The number of nitrogens with one attached hydrogen (secondary N) is 1. The summed E-state index contributed by atoms with van der Waals surface area (Å²) in [7, 11) is -1.27. The molecule has 42 heavy (non-hydrogen) atoms. The van der Waals surface area contributed by atoms with Gasteiger partial charge in [0.2, 0.25) is 11.8 Å². The second kappa shape index (κ2) is 14.2. The highest BCUT2D eigenvalue weighted by Crippen LogP contribution is 2.34. The van der Waals surface area contributed by atoms with E-state index in [4.69, 9.17) is 9.47 Å². The molecule has 2 amide bonds. The van der Waals surface area contributed by atoms with Gasteiger partial charge in [0.05, 0.1) is 24.8 Å². The molecule has 0 heterocycles. The second-order valence-electron chi connectivity index (χ2n) is 10.4. The summed E-state index contributed by atoms with van der Waals surface area (Å²) < 4.78 is 39.9. The number of sulfonamides is 1. The number of benzene rings is 3. The van der Waals surface area contributed by atoms with Gasteiger partial charge < -0.3 is 19.7 Å². The topological polar surface area (TPSA) is 105 Å². The van der Waals surface area contributed by atoms with Gasteiger partial charge in [0.15, 0.2) is 11.5 Å².